The molecule has 1 N–H and O–H groups in total. The summed E-state index contributed by atoms with van der Waals surface area (Å²) in [7, 11) is -3.66. The van der Waals surface area contributed by atoms with Gasteiger partial charge in [0.1, 0.15) is 6.54 Å². The van der Waals surface area contributed by atoms with Crippen LogP contribution in [-0.4, -0.2) is 40.1 Å². The minimum absolute atomic E-state index is 0.170. The molecule has 8 nitrogen and oxygen atoms in total. The lowest BCUT2D eigenvalue weighted by molar-refractivity contribution is -0.119. The van der Waals surface area contributed by atoms with Crippen LogP contribution in [0.4, 0.5) is 5.69 Å². The number of carbonyl (C=O) groups is 1. The number of anilines is 1. The number of hydrazone groups is 1. The van der Waals surface area contributed by atoms with Crippen LogP contribution in [0.25, 0.3) is 0 Å². The number of fused-ring (bicyclic) bond motifs is 1. The Bertz CT molecular complexity index is 994. The number of ether oxygens (including phenoxy) is 2. The van der Waals surface area contributed by atoms with Crippen LogP contribution in [0.5, 0.6) is 11.5 Å². The Labute approximate surface area is 164 Å². The summed E-state index contributed by atoms with van der Waals surface area (Å²) < 4.78 is 36.2. The van der Waals surface area contributed by atoms with Crippen molar-refractivity contribution in [3.63, 3.8) is 0 Å². The Morgan fingerprint density at radius 2 is 2.00 bits per heavy atom. The Kier molecular flexibility index (Phi) is 5.66. The van der Waals surface area contributed by atoms with Crippen molar-refractivity contribution in [3.05, 3.63) is 52.5 Å². The van der Waals surface area contributed by atoms with Crippen molar-refractivity contribution >= 4 is 43.8 Å². The third kappa shape index (κ3) is 4.77. The number of nitrogens with one attached hydrogen (secondary N) is 1. The number of hydrogen-bond acceptors (Lipinski definition) is 6. The highest BCUT2D eigenvalue weighted by molar-refractivity contribution is 9.10. The fourth-order valence-corrected chi connectivity index (χ4v) is 3.86. The van der Waals surface area contributed by atoms with E-state index in [1.54, 1.807) is 42.5 Å². The third-order valence-corrected chi connectivity index (χ3v) is 5.41. The predicted octanol–water partition coefficient (Wildman–Crippen LogP) is 2.09. The summed E-state index contributed by atoms with van der Waals surface area (Å²) in [6.07, 6.45) is 2.47. The minimum atomic E-state index is -3.66. The van der Waals surface area contributed by atoms with E-state index in [0.29, 0.717) is 27.2 Å². The molecule has 0 spiro atoms. The van der Waals surface area contributed by atoms with Crippen LogP contribution in [0.2, 0.25) is 0 Å². The molecule has 0 aromatic heterocycles. The van der Waals surface area contributed by atoms with Gasteiger partial charge in [0.2, 0.25) is 16.8 Å². The number of amides is 1. The van der Waals surface area contributed by atoms with Gasteiger partial charge in [-0.3, -0.25) is 9.10 Å². The number of benzene rings is 2. The molecule has 1 aliphatic rings. The molecule has 10 heteroatoms. The topological polar surface area (TPSA) is 97.3 Å². The van der Waals surface area contributed by atoms with Gasteiger partial charge in [0.15, 0.2) is 11.5 Å². The van der Waals surface area contributed by atoms with E-state index in [0.717, 1.165) is 10.6 Å². The van der Waals surface area contributed by atoms with Crippen molar-refractivity contribution in [2.75, 3.05) is 23.9 Å². The van der Waals surface area contributed by atoms with Crippen molar-refractivity contribution in [2.45, 2.75) is 0 Å². The highest BCUT2D eigenvalue weighted by atomic mass is 79.9. The standard InChI is InChI=1S/C17H16BrN3O5S/c1-27(23,24)21(14-5-3-2-4-13(14)18)10-17(22)20-19-9-12-6-7-15-16(8-12)26-11-25-15/h2-9H,10-11H2,1H3,(H,20,22). The SMILES string of the molecule is CS(=O)(=O)N(CC(=O)NN=Cc1ccc2c(c1)OCO2)c1ccccc1Br. The first-order chi connectivity index (χ1) is 12.8. The third-order valence-electron chi connectivity index (χ3n) is 3.61. The van der Waals surface area contributed by atoms with Crippen molar-refractivity contribution in [1.82, 2.24) is 5.43 Å². The van der Waals surface area contributed by atoms with Crippen LogP contribution in [0.3, 0.4) is 0 Å². The van der Waals surface area contributed by atoms with E-state index in [4.69, 9.17) is 9.47 Å². The molecule has 0 aliphatic carbocycles. The van der Waals surface area contributed by atoms with E-state index in [-0.39, 0.29) is 6.79 Å². The second kappa shape index (κ2) is 7.97. The van der Waals surface area contributed by atoms with Crippen molar-refractivity contribution in [2.24, 2.45) is 5.10 Å². The van der Waals surface area contributed by atoms with E-state index in [9.17, 15) is 13.2 Å². The lowest BCUT2D eigenvalue weighted by Gasteiger charge is -2.22. The zero-order valence-corrected chi connectivity index (χ0v) is 16.7. The van der Waals surface area contributed by atoms with Gasteiger partial charge in [-0.15, -0.1) is 0 Å². The molecule has 142 valence electrons. The molecule has 0 atom stereocenters. The Morgan fingerprint density at radius 1 is 1.26 bits per heavy atom. The maximum atomic E-state index is 12.2. The summed E-state index contributed by atoms with van der Waals surface area (Å²) >= 11 is 3.30. The lowest BCUT2D eigenvalue weighted by atomic mass is 10.2. The fraction of sp³-hybridized carbons (Fsp3) is 0.176. The molecule has 3 rings (SSSR count). The Balaban J connectivity index is 1.67. The molecule has 1 amide bonds. The van der Waals surface area contributed by atoms with Crippen LogP contribution in [0.1, 0.15) is 5.56 Å². The molecule has 2 aromatic carbocycles. The van der Waals surface area contributed by atoms with Gasteiger partial charge in [0.25, 0.3) is 5.91 Å². The smallest absolute Gasteiger partial charge is 0.260 e. The van der Waals surface area contributed by atoms with Gasteiger partial charge in [-0.25, -0.2) is 13.8 Å². The van der Waals surface area contributed by atoms with Gasteiger partial charge in [0, 0.05) is 4.47 Å². The van der Waals surface area contributed by atoms with Gasteiger partial charge in [-0.05, 0) is 51.8 Å². The first kappa shape index (κ1) is 19.2. The summed E-state index contributed by atoms with van der Waals surface area (Å²) in [6, 6.07) is 12.0. The summed E-state index contributed by atoms with van der Waals surface area (Å²) in [5.41, 5.74) is 3.40. The van der Waals surface area contributed by atoms with Crippen molar-refractivity contribution in [1.29, 1.82) is 0 Å². The first-order valence-electron chi connectivity index (χ1n) is 7.78. The number of hydrogen-bond donors (Lipinski definition) is 1. The molecule has 0 bridgehead atoms. The van der Waals surface area contributed by atoms with Crippen LogP contribution in [0, 0.1) is 0 Å². The van der Waals surface area contributed by atoms with E-state index >= 15 is 0 Å². The number of rotatable bonds is 6. The van der Waals surface area contributed by atoms with E-state index in [1.807, 2.05) is 0 Å². The molecule has 1 aliphatic heterocycles. The van der Waals surface area contributed by atoms with Gasteiger partial charge >= 0.3 is 0 Å². The fourth-order valence-electron chi connectivity index (χ4n) is 2.37. The molecule has 0 fully saturated rings. The number of para-hydroxylation sites is 1. The average molecular weight is 454 g/mol. The Hall–Kier alpha value is -2.59. The highest BCUT2D eigenvalue weighted by Gasteiger charge is 2.22. The summed E-state index contributed by atoms with van der Waals surface area (Å²) in [5, 5.41) is 3.86. The van der Waals surface area contributed by atoms with E-state index in [1.165, 1.54) is 6.21 Å². The van der Waals surface area contributed by atoms with Crippen molar-refractivity contribution < 1.29 is 22.7 Å². The normalized spacial score (nSPS) is 13.0. The second-order valence-corrected chi connectivity index (χ2v) is 8.39. The number of nitrogens with zero attached hydrogens (tertiary/aromatic N) is 2. The summed E-state index contributed by atoms with van der Waals surface area (Å²) in [6.45, 7) is -0.233. The average Bonchev–Trinajstić information content (AvgIpc) is 3.07. The van der Waals surface area contributed by atoms with Gasteiger partial charge < -0.3 is 9.47 Å². The molecule has 0 radical (unpaired) electrons. The van der Waals surface area contributed by atoms with E-state index in [2.05, 4.69) is 26.5 Å². The molecular formula is C17H16BrN3O5S. The zero-order valence-electron chi connectivity index (χ0n) is 14.3. The van der Waals surface area contributed by atoms with Crippen LogP contribution in [0.15, 0.2) is 52.0 Å². The molecule has 27 heavy (non-hydrogen) atoms. The summed E-state index contributed by atoms with van der Waals surface area (Å²) in [5.74, 6) is 0.670. The monoisotopic (exact) mass is 453 g/mol. The zero-order chi connectivity index (χ0) is 19.4. The van der Waals surface area contributed by atoms with Crippen LogP contribution < -0.4 is 19.2 Å². The first-order valence-corrected chi connectivity index (χ1v) is 10.4. The molecule has 0 saturated heterocycles. The minimum Gasteiger partial charge on any atom is -0.454 e. The van der Waals surface area contributed by atoms with Crippen LogP contribution >= 0.6 is 15.9 Å². The maximum absolute atomic E-state index is 12.2. The molecule has 0 unspecified atom stereocenters. The predicted molar refractivity (Wildman–Crippen MR) is 105 cm³/mol. The van der Waals surface area contributed by atoms with Crippen LogP contribution in [-0.2, 0) is 14.8 Å². The Morgan fingerprint density at radius 3 is 2.74 bits per heavy atom. The maximum Gasteiger partial charge on any atom is 0.260 e. The number of carbonyl (C=O) groups excluding carboxylic acids is 1. The largest absolute Gasteiger partial charge is 0.454 e. The van der Waals surface area contributed by atoms with Crippen molar-refractivity contribution in [3.8, 4) is 11.5 Å². The molecule has 2 aromatic rings. The molecular weight excluding hydrogens is 438 g/mol. The molecule has 0 saturated carbocycles. The highest BCUT2D eigenvalue weighted by Crippen LogP contribution is 2.32. The van der Waals surface area contributed by atoms with Gasteiger partial charge in [0.05, 0.1) is 18.2 Å². The number of sulfonamides is 1. The van der Waals surface area contributed by atoms with E-state index < -0.39 is 22.5 Å². The van der Waals surface area contributed by atoms with Gasteiger partial charge in [-0.2, -0.15) is 5.10 Å². The summed E-state index contributed by atoms with van der Waals surface area (Å²) in [4.78, 5) is 12.2. The lowest BCUT2D eigenvalue weighted by Crippen LogP contribution is -2.39. The quantitative estimate of drug-likeness (QED) is 0.533. The van der Waals surface area contributed by atoms with Gasteiger partial charge in [-0.1, -0.05) is 12.1 Å². The second-order valence-electron chi connectivity index (χ2n) is 5.63. The number of halogens is 1. The molecule has 1 heterocycles.